The van der Waals surface area contributed by atoms with Gasteiger partial charge in [-0.2, -0.15) is 0 Å². The van der Waals surface area contributed by atoms with E-state index < -0.39 is 7.82 Å². The van der Waals surface area contributed by atoms with Crippen LogP contribution in [0.25, 0.3) is 0 Å². The second-order valence-corrected chi connectivity index (χ2v) is 12.0. The molecule has 4 rings (SSSR count). The van der Waals surface area contributed by atoms with E-state index in [1.807, 2.05) is 48.5 Å². The number of unbranched alkanes of at least 4 members (excludes halogenated alkanes) is 4. The van der Waals surface area contributed by atoms with Crippen molar-refractivity contribution in [1.82, 2.24) is 4.90 Å². The Morgan fingerprint density at radius 1 is 0.857 bits per heavy atom. The van der Waals surface area contributed by atoms with Gasteiger partial charge in [0.15, 0.2) is 0 Å². The van der Waals surface area contributed by atoms with E-state index in [0.717, 1.165) is 42.6 Å². The molecule has 0 saturated heterocycles. The Bertz CT molecular complexity index is 1300. The van der Waals surface area contributed by atoms with E-state index >= 15 is 0 Å². The Kier molecular flexibility index (Phi) is 12.0. The van der Waals surface area contributed by atoms with Crippen molar-refractivity contribution in [2.24, 2.45) is 5.92 Å². The summed E-state index contributed by atoms with van der Waals surface area (Å²) in [5.41, 5.74) is 3.37. The fourth-order valence-electron chi connectivity index (χ4n) is 5.19. The highest BCUT2D eigenvalue weighted by atomic mass is 31.2. The minimum absolute atomic E-state index is 0.0521. The van der Waals surface area contributed by atoms with Crippen LogP contribution in [0.1, 0.15) is 61.1 Å². The molecule has 3 aromatic rings. The first-order valence-corrected chi connectivity index (χ1v) is 16.2. The molecule has 0 unspecified atom stereocenters. The van der Waals surface area contributed by atoms with Crippen molar-refractivity contribution in [3.05, 3.63) is 95.6 Å². The van der Waals surface area contributed by atoms with Crippen LogP contribution in [0.15, 0.2) is 78.9 Å². The van der Waals surface area contributed by atoms with Gasteiger partial charge in [-0.15, -0.1) is 0 Å². The first-order valence-electron chi connectivity index (χ1n) is 14.7. The van der Waals surface area contributed by atoms with Gasteiger partial charge >= 0.3 is 7.82 Å². The van der Waals surface area contributed by atoms with Gasteiger partial charge in [0.2, 0.25) is 5.91 Å². The zero-order valence-corrected chi connectivity index (χ0v) is 25.2. The van der Waals surface area contributed by atoms with Crippen molar-refractivity contribution < 1.29 is 33.1 Å². The average molecular weight is 596 g/mol. The van der Waals surface area contributed by atoms with Crippen molar-refractivity contribution in [3.8, 4) is 11.5 Å². The quantitative estimate of drug-likeness (QED) is 0.128. The van der Waals surface area contributed by atoms with Gasteiger partial charge in [0, 0.05) is 19.0 Å². The lowest BCUT2D eigenvalue weighted by atomic mass is 10.1. The molecule has 1 aliphatic carbocycles. The zero-order chi connectivity index (χ0) is 29.8. The summed E-state index contributed by atoms with van der Waals surface area (Å²) >= 11 is 0. The minimum atomic E-state index is -4.62. The lowest BCUT2D eigenvalue weighted by Gasteiger charge is -2.23. The SMILES string of the molecule is COc1ccc(CN(CCOP(=O)(O)O)C(=O)[C@@H]2C[C@H]2c2cccc(OCCCCCCCc3ccccc3)c2)cc1. The molecule has 0 spiro atoms. The molecule has 1 fully saturated rings. The lowest BCUT2D eigenvalue weighted by Crippen LogP contribution is -2.35. The molecule has 0 aliphatic heterocycles. The number of carbonyl (C=O) groups excluding carboxylic acids is 1. The van der Waals surface area contributed by atoms with Gasteiger partial charge in [0.05, 0.1) is 20.3 Å². The van der Waals surface area contributed by atoms with Gasteiger partial charge in [-0.25, -0.2) is 4.57 Å². The van der Waals surface area contributed by atoms with Gasteiger partial charge in [0.25, 0.3) is 0 Å². The third-order valence-corrected chi connectivity index (χ3v) is 8.10. The minimum Gasteiger partial charge on any atom is -0.497 e. The van der Waals surface area contributed by atoms with Crippen molar-refractivity contribution in [1.29, 1.82) is 0 Å². The summed E-state index contributed by atoms with van der Waals surface area (Å²) in [5, 5.41) is 0. The van der Waals surface area contributed by atoms with Crippen LogP contribution in [0.3, 0.4) is 0 Å². The third kappa shape index (κ3) is 10.6. The summed E-state index contributed by atoms with van der Waals surface area (Å²) in [4.78, 5) is 33.2. The van der Waals surface area contributed by atoms with Crippen molar-refractivity contribution in [2.45, 2.75) is 57.4 Å². The Labute approximate surface area is 248 Å². The van der Waals surface area contributed by atoms with Crippen LogP contribution in [0.5, 0.6) is 11.5 Å². The van der Waals surface area contributed by atoms with E-state index in [1.54, 1.807) is 12.0 Å². The molecule has 2 atom stereocenters. The molecule has 0 heterocycles. The topological polar surface area (TPSA) is 106 Å². The average Bonchev–Trinajstić information content (AvgIpc) is 3.79. The molecule has 226 valence electrons. The van der Waals surface area contributed by atoms with Crippen molar-refractivity contribution in [3.63, 3.8) is 0 Å². The molecular formula is C33H42NO7P. The molecule has 9 heteroatoms. The molecule has 8 nitrogen and oxygen atoms in total. The lowest BCUT2D eigenvalue weighted by molar-refractivity contribution is -0.133. The number of phosphoric acid groups is 1. The van der Waals surface area contributed by atoms with Crippen molar-refractivity contribution >= 4 is 13.7 Å². The highest BCUT2D eigenvalue weighted by Crippen LogP contribution is 2.49. The van der Waals surface area contributed by atoms with Crippen LogP contribution in [-0.2, 0) is 26.8 Å². The second kappa shape index (κ2) is 15.9. The maximum Gasteiger partial charge on any atom is 0.469 e. The molecule has 2 N–H and O–H groups in total. The van der Waals surface area contributed by atoms with Crippen LogP contribution in [0.4, 0.5) is 0 Å². The Hall–Kier alpha value is -3.16. The summed E-state index contributed by atoms with van der Waals surface area (Å²) in [6.07, 6.45) is 7.65. The Morgan fingerprint density at radius 2 is 1.60 bits per heavy atom. The number of benzene rings is 3. The number of ether oxygens (including phenoxy) is 2. The van der Waals surface area contributed by atoms with Crippen LogP contribution in [0, 0.1) is 5.92 Å². The fraction of sp³-hybridized carbons (Fsp3) is 0.424. The maximum absolute atomic E-state index is 13.5. The number of phosphoric ester groups is 1. The zero-order valence-electron chi connectivity index (χ0n) is 24.3. The van der Waals surface area contributed by atoms with Gasteiger partial charge in [-0.05, 0) is 72.6 Å². The number of aryl methyl sites for hydroxylation is 1. The first-order chi connectivity index (χ1) is 20.3. The van der Waals surface area contributed by atoms with Crippen LogP contribution >= 0.6 is 7.82 Å². The number of hydrogen-bond donors (Lipinski definition) is 2. The second-order valence-electron chi connectivity index (χ2n) is 10.8. The molecular weight excluding hydrogens is 553 g/mol. The standard InChI is InChI=1S/C33H42NO7P/c1-39-29-18-16-27(17-19-29)25-34(20-22-41-42(36,37)38)33(35)32-24-31(32)28-14-10-15-30(23-28)40-21-9-4-2-3-6-11-26-12-7-5-8-13-26/h5,7-8,10,12-19,23,31-32H,2-4,6,9,11,20-22,24-25H2,1H3,(H2,36,37,38)/t31-,32+/m0/s1. The predicted molar refractivity (Wildman–Crippen MR) is 162 cm³/mol. The smallest absolute Gasteiger partial charge is 0.469 e. The molecule has 42 heavy (non-hydrogen) atoms. The molecule has 0 bridgehead atoms. The van der Waals surface area contributed by atoms with E-state index in [0.29, 0.717) is 18.9 Å². The van der Waals surface area contributed by atoms with Gasteiger partial charge < -0.3 is 24.2 Å². The van der Waals surface area contributed by atoms with E-state index in [9.17, 15) is 9.36 Å². The monoisotopic (exact) mass is 595 g/mol. The molecule has 0 radical (unpaired) electrons. The van der Waals surface area contributed by atoms with Crippen molar-refractivity contribution in [2.75, 3.05) is 26.9 Å². The van der Waals surface area contributed by atoms with Crippen LogP contribution < -0.4 is 9.47 Å². The highest BCUT2D eigenvalue weighted by Gasteiger charge is 2.45. The third-order valence-electron chi connectivity index (χ3n) is 7.58. The van der Waals surface area contributed by atoms with E-state index in [-0.39, 0.29) is 30.9 Å². The van der Waals surface area contributed by atoms with Crippen LogP contribution in [-0.4, -0.2) is 47.5 Å². The summed E-state index contributed by atoms with van der Waals surface area (Å²) in [6, 6.07) is 26.0. The Morgan fingerprint density at radius 3 is 2.33 bits per heavy atom. The van der Waals surface area contributed by atoms with E-state index in [4.69, 9.17) is 19.3 Å². The number of methoxy groups -OCH3 is 1. The highest BCUT2D eigenvalue weighted by molar-refractivity contribution is 7.46. The van der Waals surface area contributed by atoms with Gasteiger partial charge in [-0.3, -0.25) is 9.32 Å². The number of nitrogens with zero attached hydrogens (tertiary/aromatic N) is 1. The number of amides is 1. The largest absolute Gasteiger partial charge is 0.497 e. The van der Waals surface area contributed by atoms with Crippen LogP contribution in [0.2, 0.25) is 0 Å². The summed E-state index contributed by atoms with van der Waals surface area (Å²) in [7, 11) is -3.03. The summed E-state index contributed by atoms with van der Waals surface area (Å²) in [5.74, 6) is 1.38. The predicted octanol–water partition coefficient (Wildman–Crippen LogP) is 6.51. The molecule has 3 aromatic carbocycles. The normalized spacial score (nSPS) is 16.2. The number of rotatable bonds is 18. The summed E-state index contributed by atoms with van der Waals surface area (Å²) < 4.78 is 27.1. The fourth-order valence-corrected chi connectivity index (χ4v) is 5.51. The molecule has 1 saturated carbocycles. The molecule has 0 aromatic heterocycles. The number of hydrogen-bond acceptors (Lipinski definition) is 5. The van der Waals surface area contributed by atoms with E-state index in [1.165, 1.54) is 24.8 Å². The molecule has 1 aliphatic rings. The van der Waals surface area contributed by atoms with E-state index in [2.05, 4.69) is 34.9 Å². The Balaban J connectivity index is 1.23. The molecule has 1 amide bonds. The van der Waals surface area contributed by atoms with Gasteiger partial charge in [-0.1, -0.05) is 73.9 Å². The number of carbonyl (C=O) groups is 1. The summed E-state index contributed by atoms with van der Waals surface area (Å²) in [6.45, 7) is 0.810. The maximum atomic E-state index is 13.5. The van der Waals surface area contributed by atoms with Gasteiger partial charge in [0.1, 0.15) is 11.5 Å². The first kappa shape index (κ1) is 31.8.